The summed E-state index contributed by atoms with van der Waals surface area (Å²) in [6.07, 6.45) is 5.17. The van der Waals surface area contributed by atoms with Crippen molar-refractivity contribution in [3.63, 3.8) is 0 Å². The Labute approximate surface area is 118 Å². The molecule has 2 atom stereocenters. The van der Waals surface area contributed by atoms with Gasteiger partial charge < -0.3 is 0 Å². The number of hydrogen-bond donors (Lipinski definition) is 0. The monoisotopic (exact) mass is 313 g/mol. The van der Waals surface area contributed by atoms with Crippen LogP contribution >= 0.6 is 15.9 Å². The number of aryl methyl sites for hydroxylation is 1. The lowest BCUT2D eigenvalue weighted by Gasteiger charge is -2.35. The molecule has 0 heterocycles. The van der Waals surface area contributed by atoms with E-state index in [4.69, 9.17) is 0 Å². The van der Waals surface area contributed by atoms with Gasteiger partial charge in [0.2, 0.25) is 0 Å². The first-order chi connectivity index (χ1) is 8.58. The molecule has 1 aliphatic rings. The van der Waals surface area contributed by atoms with E-state index in [0.717, 1.165) is 12.1 Å². The maximum Gasteiger partial charge on any atom is 0.123 e. The predicted octanol–water partition coefficient (Wildman–Crippen LogP) is 4.27. The SMILES string of the molecule is Cc1cc(F)ccc1CN(C)C1CCCCC1Br. The van der Waals surface area contributed by atoms with E-state index in [2.05, 4.69) is 27.9 Å². The molecule has 0 aliphatic heterocycles. The number of hydrogen-bond acceptors (Lipinski definition) is 1. The van der Waals surface area contributed by atoms with Crippen molar-refractivity contribution in [3.05, 3.63) is 35.1 Å². The van der Waals surface area contributed by atoms with Crippen molar-refractivity contribution >= 4 is 15.9 Å². The molecule has 1 fully saturated rings. The fourth-order valence-corrected chi connectivity index (χ4v) is 3.78. The van der Waals surface area contributed by atoms with E-state index in [1.807, 2.05) is 13.0 Å². The van der Waals surface area contributed by atoms with E-state index >= 15 is 0 Å². The predicted molar refractivity (Wildman–Crippen MR) is 77.6 cm³/mol. The highest BCUT2D eigenvalue weighted by atomic mass is 79.9. The molecule has 0 amide bonds. The zero-order valence-electron chi connectivity index (χ0n) is 11.1. The molecule has 100 valence electrons. The van der Waals surface area contributed by atoms with E-state index in [-0.39, 0.29) is 5.82 Å². The van der Waals surface area contributed by atoms with Gasteiger partial charge in [0.15, 0.2) is 0 Å². The summed E-state index contributed by atoms with van der Waals surface area (Å²) in [5.41, 5.74) is 2.27. The molecule has 0 bridgehead atoms. The average Bonchev–Trinajstić information content (AvgIpc) is 2.33. The van der Waals surface area contributed by atoms with Crippen molar-refractivity contribution in [3.8, 4) is 0 Å². The largest absolute Gasteiger partial charge is 0.298 e. The van der Waals surface area contributed by atoms with Gasteiger partial charge in [-0.05, 0) is 50.1 Å². The molecular weight excluding hydrogens is 293 g/mol. The number of rotatable bonds is 3. The van der Waals surface area contributed by atoms with Gasteiger partial charge in [-0.15, -0.1) is 0 Å². The summed E-state index contributed by atoms with van der Waals surface area (Å²) < 4.78 is 13.1. The topological polar surface area (TPSA) is 3.24 Å². The standard InChI is InChI=1S/C15H21BrFN/c1-11-9-13(17)8-7-12(11)10-18(2)15-6-4-3-5-14(15)16/h7-9,14-15H,3-6,10H2,1-2H3. The Morgan fingerprint density at radius 1 is 1.33 bits per heavy atom. The van der Waals surface area contributed by atoms with E-state index < -0.39 is 0 Å². The molecule has 2 unspecified atom stereocenters. The Morgan fingerprint density at radius 2 is 2.06 bits per heavy atom. The van der Waals surface area contributed by atoms with Gasteiger partial charge in [-0.1, -0.05) is 34.8 Å². The summed E-state index contributed by atoms with van der Waals surface area (Å²) in [5, 5.41) is 0. The number of nitrogens with zero attached hydrogens (tertiary/aromatic N) is 1. The molecule has 0 radical (unpaired) electrons. The van der Waals surface area contributed by atoms with Crippen LogP contribution in [-0.4, -0.2) is 22.8 Å². The molecule has 1 aliphatic carbocycles. The second kappa shape index (κ2) is 6.16. The summed E-state index contributed by atoms with van der Waals surface area (Å²) in [7, 11) is 2.17. The van der Waals surface area contributed by atoms with Crippen LogP contribution in [-0.2, 0) is 6.54 Å². The first-order valence-electron chi connectivity index (χ1n) is 6.67. The Bertz CT molecular complexity index is 407. The molecule has 3 heteroatoms. The van der Waals surface area contributed by atoms with E-state index in [1.54, 1.807) is 12.1 Å². The molecule has 0 aromatic heterocycles. The van der Waals surface area contributed by atoms with Crippen molar-refractivity contribution in [2.75, 3.05) is 7.05 Å². The summed E-state index contributed by atoms with van der Waals surface area (Å²) in [5.74, 6) is -0.144. The first-order valence-corrected chi connectivity index (χ1v) is 7.59. The van der Waals surface area contributed by atoms with Crippen LogP contribution in [0.3, 0.4) is 0 Å². The fraction of sp³-hybridized carbons (Fsp3) is 0.600. The normalized spacial score (nSPS) is 24.5. The van der Waals surface area contributed by atoms with Crippen molar-refractivity contribution in [1.29, 1.82) is 0 Å². The van der Waals surface area contributed by atoms with Gasteiger partial charge in [0, 0.05) is 17.4 Å². The fourth-order valence-electron chi connectivity index (χ4n) is 2.79. The molecule has 0 spiro atoms. The van der Waals surface area contributed by atoms with Crippen LogP contribution in [0.4, 0.5) is 4.39 Å². The lowest BCUT2D eigenvalue weighted by atomic mass is 9.94. The minimum Gasteiger partial charge on any atom is -0.298 e. The lowest BCUT2D eigenvalue weighted by molar-refractivity contribution is 0.192. The highest BCUT2D eigenvalue weighted by molar-refractivity contribution is 9.09. The number of alkyl halides is 1. The van der Waals surface area contributed by atoms with Crippen LogP contribution in [0.5, 0.6) is 0 Å². The minimum atomic E-state index is -0.144. The minimum absolute atomic E-state index is 0.144. The van der Waals surface area contributed by atoms with Gasteiger partial charge in [-0.25, -0.2) is 4.39 Å². The van der Waals surface area contributed by atoms with Crippen LogP contribution in [0.25, 0.3) is 0 Å². The molecule has 0 saturated heterocycles. The highest BCUT2D eigenvalue weighted by Crippen LogP contribution is 2.29. The Balaban J connectivity index is 2.03. The maximum absolute atomic E-state index is 13.1. The third kappa shape index (κ3) is 3.33. The quantitative estimate of drug-likeness (QED) is 0.753. The van der Waals surface area contributed by atoms with Crippen LogP contribution in [0, 0.1) is 12.7 Å². The summed E-state index contributed by atoms with van der Waals surface area (Å²) >= 11 is 3.80. The molecule has 1 nitrogen and oxygen atoms in total. The Kier molecular flexibility index (Phi) is 4.79. The van der Waals surface area contributed by atoms with E-state index in [9.17, 15) is 4.39 Å². The Morgan fingerprint density at radius 3 is 2.72 bits per heavy atom. The molecule has 0 N–H and O–H groups in total. The summed E-state index contributed by atoms with van der Waals surface area (Å²) in [6.45, 7) is 2.89. The molecule has 1 aromatic carbocycles. The molecule has 1 aromatic rings. The molecular formula is C15H21BrFN. The average molecular weight is 314 g/mol. The second-order valence-corrected chi connectivity index (χ2v) is 6.53. The van der Waals surface area contributed by atoms with Gasteiger partial charge in [-0.3, -0.25) is 4.90 Å². The summed E-state index contributed by atoms with van der Waals surface area (Å²) in [6, 6.07) is 5.69. The lowest BCUT2D eigenvalue weighted by Crippen LogP contribution is -2.40. The van der Waals surface area contributed by atoms with Gasteiger partial charge in [0.1, 0.15) is 5.82 Å². The number of benzene rings is 1. The maximum atomic E-state index is 13.1. The second-order valence-electron chi connectivity index (χ2n) is 5.35. The van der Waals surface area contributed by atoms with Crippen LogP contribution < -0.4 is 0 Å². The van der Waals surface area contributed by atoms with Crippen molar-refractivity contribution in [1.82, 2.24) is 4.90 Å². The van der Waals surface area contributed by atoms with Gasteiger partial charge in [0.05, 0.1) is 0 Å². The van der Waals surface area contributed by atoms with E-state index in [1.165, 1.54) is 31.2 Å². The zero-order chi connectivity index (χ0) is 13.1. The van der Waals surface area contributed by atoms with Gasteiger partial charge in [-0.2, -0.15) is 0 Å². The van der Waals surface area contributed by atoms with Crippen LogP contribution in [0.2, 0.25) is 0 Å². The van der Waals surface area contributed by atoms with Crippen molar-refractivity contribution < 1.29 is 4.39 Å². The number of halogens is 2. The third-order valence-electron chi connectivity index (χ3n) is 3.94. The van der Waals surface area contributed by atoms with Crippen LogP contribution in [0.1, 0.15) is 36.8 Å². The van der Waals surface area contributed by atoms with E-state index in [0.29, 0.717) is 10.9 Å². The van der Waals surface area contributed by atoms with Gasteiger partial charge in [0.25, 0.3) is 0 Å². The molecule has 2 rings (SSSR count). The molecule has 18 heavy (non-hydrogen) atoms. The smallest absolute Gasteiger partial charge is 0.123 e. The third-order valence-corrected chi connectivity index (χ3v) is 5.01. The van der Waals surface area contributed by atoms with Crippen molar-refractivity contribution in [2.24, 2.45) is 0 Å². The first kappa shape index (κ1) is 14.0. The van der Waals surface area contributed by atoms with Crippen molar-refractivity contribution in [2.45, 2.75) is 50.0 Å². The van der Waals surface area contributed by atoms with Crippen LogP contribution in [0.15, 0.2) is 18.2 Å². The zero-order valence-corrected chi connectivity index (χ0v) is 12.7. The summed E-state index contributed by atoms with van der Waals surface area (Å²) in [4.78, 5) is 3.00. The highest BCUT2D eigenvalue weighted by Gasteiger charge is 2.26. The molecule has 1 saturated carbocycles. The Hall–Kier alpha value is -0.410. The van der Waals surface area contributed by atoms with Gasteiger partial charge >= 0.3 is 0 Å².